The first-order chi connectivity index (χ1) is 17.2. The van der Waals surface area contributed by atoms with Gasteiger partial charge in [0.1, 0.15) is 0 Å². The molecule has 3 rings (SSSR count). The predicted molar refractivity (Wildman–Crippen MR) is 128 cm³/mol. The highest BCUT2D eigenvalue weighted by atomic mass is 32.2. The Balaban J connectivity index is 1.76. The highest BCUT2D eigenvalue weighted by molar-refractivity contribution is 7.93. The molecule has 0 unspecified atom stereocenters. The van der Waals surface area contributed by atoms with Crippen molar-refractivity contribution in [1.29, 1.82) is 0 Å². The molecule has 1 aliphatic heterocycles. The Hall–Kier alpha value is -3.39. The Morgan fingerprint density at radius 2 is 1.86 bits per heavy atom. The number of rotatable bonds is 9. The molecule has 1 aliphatic rings. The summed E-state index contributed by atoms with van der Waals surface area (Å²) in [6.07, 6.45) is -3.25. The van der Waals surface area contributed by atoms with Gasteiger partial charge in [-0.3, -0.25) is 9.10 Å². The molecule has 0 saturated carbocycles. The number of ether oxygens (including phenoxy) is 1. The fraction of sp³-hybridized carbons (Fsp3) is 0.304. The van der Waals surface area contributed by atoms with E-state index in [0.717, 1.165) is 24.3 Å². The van der Waals surface area contributed by atoms with Crippen LogP contribution >= 0.6 is 0 Å². The molecule has 0 bridgehead atoms. The van der Waals surface area contributed by atoms with Crippen molar-refractivity contribution in [1.82, 2.24) is 5.32 Å². The van der Waals surface area contributed by atoms with Crippen LogP contribution in [0, 0.1) is 0 Å². The molecule has 0 spiro atoms. The number of alkyl halides is 3. The number of nitrogens with one attached hydrogen (secondary N) is 1. The van der Waals surface area contributed by atoms with Crippen LogP contribution in [0.3, 0.4) is 0 Å². The van der Waals surface area contributed by atoms with Crippen molar-refractivity contribution in [2.75, 3.05) is 29.0 Å². The Kier molecular flexibility index (Phi) is 8.32. The number of hydrogen-bond acceptors (Lipinski definition) is 7. The fourth-order valence-electron chi connectivity index (χ4n) is 3.60. The Morgan fingerprint density at radius 1 is 1.16 bits per heavy atom. The minimum atomic E-state index is -4.69. The van der Waals surface area contributed by atoms with Gasteiger partial charge in [0.15, 0.2) is 16.4 Å². The highest BCUT2D eigenvalue weighted by Crippen LogP contribution is 2.33. The average molecular weight is 561 g/mol. The summed E-state index contributed by atoms with van der Waals surface area (Å²) in [7, 11) is -7.66. The van der Waals surface area contributed by atoms with Gasteiger partial charge in [0, 0.05) is 6.04 Å². The van der Waals surface area contributed by atoms with E-state index in [9.17, 15) is 39.6 Å². The maximum atomic E-state index is 13.3. The third-order valence-corrected chi connectivity index (χ3v) is 8.90. The van der Waals surface area contributed by atoms with Gasteiger partial charge < -0.3 is 10.1 Å². The van der Waals surface area contributed by atoms with Crippen molar-refractivity contribution in [3.8, 4) is 0 Å². The molecule has 2 aromatic carbocycles. The smallest absolute Gasteiger partial charge is 0.416 e. The molecular formula is C23H23F3N2O7S2. The van der Waals surface area contributed by atoms with Gasteiger partial charge in [-0.25, -0.2) is 21.6 Å². The number of benzene rings is 2. The second-order valence-corrected chi connectivity index (χ2v) is 12.2. The summed E-state index contributed by atoms with van der Waals surface area (Å²) in [6, 6.07) is 7.79. The van der Waals surface area contributed by atoms with Crippen LogP contribution in [0.1, 0.15) is 22.3 Å². The van der Waals surface area contributed by atoms with E-state index in [1.54, 1.807) is 0 Å². The summed E-state index contributed by atoms with van der Waals surface area (Å²) >= 11 is 0. The van der Waals surface area contributed by atoms with Crippen molar-refractivity contribution in [2.45, 2.75) is 23.5 Å². The molecule has 37 heavy (non-hydrogen) atoms. The van der Waals surface area contributed by atoms with E-state index in [1.807, 2.05) is 0 Å². The molecule has 1 N–H and O–H groups in total. The fourth-order valence-corrected chi connectivity index (χ4v) is 6.75. The number of sulfonamides is 1. The van der Waals surface area contributed by atoms with E-state index in [0.29, 0.717) is 10.4 Å². The Bertz CT molecular complexity index is 1410. The molecule has 1 amide bonds. The molecule has 0 aliphatic carbocycles. The highest BCUT2D eigenvalue weighted by Gasteiger charge is 2.33. The summed E-state index contributed by atoms with van der Waals surface area (Å²) in [5, 5.41) is 2.45. The predicted octanol–water partition coefficient (Wildman–Crippen LogP) is 2.55. The molecule has 1 heterocycles. The zero-order chi connectivity index (χ0) is 27.4. The molecule has 1 fully saturated rings. The minimum Gasteiger partial charge on any atom is -0.452 e. The van der Waals surface area contributed by atoms with Crippen LogP contribution in [0.25, 0.3) is 0 Å². The van der Waals surface area contributed by atoms with E-state index in [2.05, 4.69) is 11.9 Å². The summed E-state index contributed by atoms with van der Waals surface area (Å²) in [4.78, 5) is 24.1. The third-order valence-electron chi connectivity index (χ3n) is 5.35. The Morgan fingerprint density at radius 3 is 2.49 bits per heavy atom. The van der Waals surface area contributed by atoms with Gasteiger partial charge in [-0.15, -0.1) is 6.58 Å². The second kappa shape index (κ2) is 10.9. The van der Waals surface area contributed by atoms with Gasteiger partial charge in [0.05, 0.1) is 39.8 Å². The largest absolute Gasteiger partial charge is 0.452 e. The summed E-state index contributed by atoms with van der Waals surface area (Å²) in [6.45, 7) is 2.39. The van der Waals surface area contributed by atoms with E-state index >= 15 is 0 Å². The lowest BCUT2D eigenvalue weighted by Crippen LogP contribution is -2.38. The normalized spacial score (nSPS) is 17.1. The lowest BCUT2D eigenvalue weighted by atomic mass is 10.2. The molecule has 2 aromatic rings. The van der Waals surface area contributed by atoms with E-state index in [4.69, 9.17) is 4.74 Å². The van der Waals surface area contributed by atoms with Gasteiger partial charge in [-0.1, -0.05) is 18.2 Å². The van der Waals surface area contributed by atoms with E-state index < -0.39 is 61.0 Å². The zero-order valence-electron chi connectivity index (χ0n) is 19.3. The van der Waals surface area contributed by atoms with Crippen LogP contribution in [0.5, 0.6) is 0 Å². The van der Waals surface area contributed by atoms with Gasteiger partial charge in [0.2, 0.25) is 0 Å². The second-order valence-electron chi connectivity index (χ2n) is 8.14. The van der Waals surface area contributed by atoms with Crippen molar-refractivity contribution < 1.29 is 44.3 Å². The van der Waals surface area contributed by atoms with Gasteiger partial charge in [0.25, 0.3) is 15.9 Å². The van der Waals surface area contributed by atoms with Crippen LogP contribution in [0.4, 0.5) is 18.9 Å². The lowest BCUT2D eigenvalue weighted by Gasteiger charge is -2.24. The van der Waals surface area contributed by atoms with Crippen LogP contribution in [0.2, 0.25) is 0 Å². The molecule has 9 nitrogen and oxygen atoms in total. The lowest BCUT2D eigenvalue weighted by molar-refractivity contribution is -0.137. The summed E-state index contributed by atoms with van der Waals surface area (Å²) < 4.78 is 94.7. The van der Waals surface area contributed by atoms with Gasteiger partial charge in [-0.05, 0) is 42.8 Å². The first-order valence-electron chi connectivity index (χ1n) is 10.8. The first kappa shape index (κ1) is 28.2. The SMILES string of the molecule is C=CCN(c1cccc(C(F)(F)F)c1)S(=O)(=O)c1cccc(C(=O)OCC(=O)N[C@H]2CCS(=O)(=O)C2)c1. The molecule has 0 aromatic heterocycles. The van der Waals surface area contributed by atoms with Crippen molar-refractivity contribution >= 4 is 37.4 Å². The first-order valence-corrected chi connectivity index (χ1v) is 14.1. The molecule has 0 radical (unpaired) electrons. The van der Waals surface area contributed by atoms with Crippen molar-refractivity contribution in [2.24, 2.45) is 0 Å². The third kappa shape index (κ3) is 7.10. The van der Waals surface area contributed by atoms with E-state index in [-0.39, 0.29) is 35.7 Å². The molecule has 14 heteroatoms. The summed E-state index contributed by atoms with van der Waals surface area (Å²) in [5.74, 6) is -2.01. The summed E-state index contributed by atoms with van der Waals surface area (Å²) in [5.41, 5.74) is -1.52. The maximum absolute atomic E-state index is 13.3. The standard InChI is InChI=1S/C23H23F3N2O7S2/c1-2-10-28(19-7-4-6-17(13-19)23(24,25)26)37(33,34)20-8-3-5-16(12-20)22(30)35-14-21(29)27-18-9-11-36(31,32)15-18/h2-8,12-13,18H,1,9-11,14-15H2,(H,27,29)/t18-/m0/s1. The molecular weight excluding hydrogens is 537 g/mol. The van der Waals surface area contributed by atoms with Crippen LogP contribution in [-0.4, -0.2) is 59.4 Å². The topological polar surface area (TPSA) is 127 Å². The quantitative estimate of drug-likeness (QED) is 0.369. The number of carbonyl (C=O) groups excluding carboxylic acids is 2. The van der Waals surface area contributed by atoms with Crippen LogP contribution in [0.15, 0.2) is 66.1 Å². The molecule has 1 saturated heterocycles. The number of anilines is 1. The van der Waals surface area contributed by atoms with Crippen molar-refractivity contribution in [3.63, 3.8) is 0 Å². The number of sulfone groups is 1. The monoisotopic (exact) mass is 560 g/mol. The van der Waals surface area contributed by atoms with E-state index in [1.165, 1.54) is 24.3 Å². The van der Waals surface area contributed by atoms with Gasteiger partial charge in [-0.2, -0.15) is 13.2 Å². The van der Waals surface area contributed by atoms with Crippen molar-refractivity contribution in [3.05, 3.63) is 72.3 Å². The number of carbonyl (C=O) groups is 2. The van der Waals surface area contributed by atoms with Gasteiger partial charge >= 0.3 is 12.1 Å². The number of amides is 1. The number of esters is 1. The number of hydrogen-bond donors (Lipinski definition) is 1. The minimum absolute atomic E-state index is 0.0532. The Labute approximate surface area is 211 Å². The number of nitrogens with zero attached hydrogens (tertiary/aromatic N) is 1. The van der Waals surface area contributed by atoms with Crippen LogP contribution in [-0.2, 0) is 35.6 Å². The zero-order valence-corrected chi connectivity index (χ0v) is 20.9. The number of halogens is 3. The molecule has 200 valence electrons. The van der Waals surface area contributed by atoms with Crippen LogP contribution < -0.4 is 9.62 Å². The molecule has 1 atom stereocenters. The maximum Gasteiger partial charge on any atom is 0.416 e. The average Bonchev–Trinajstić information content (AvgIpc) is 3.18.